The first kappa shape index (κ1) is 15.3. The molecule has 1 aliphatic rings. The monoisotopic (exact) mass is 316 g/mol. The number of rotatable bonds is 2. The lowest BCUT2D eigenvalue weighted by molar-refractivity contribution is 0.0752. The SMILES string of the molecule is CN(C)c1nc2c(c(=O)[nH]1)CCN(C(=O)c1ccnn1C)CC2. The van der Waals surface area contributed by atoms with E-state index in [0.29, 0.717) is 43.1 Å². The van der Waals surface area contributed by atoms with Crippen LogP contribution in [0.1, 0.15) is 21.7 Å². The van der Waals surface area contributed by atoms with Crippen molar-refractivity contribution < 1.29 is 4.79 Å². The van der Waals surface area contributed by atoms with Crippen molar-refractivity contribution in [1.29, 1.82) is 0 Å². The van der Waals surface area contributed by atoms with Crippen LogP contribution < -0.4 is 10.5 Å². The normalized spacial score (nSPS) is 14.3. The van der Waals surface area contributed by atoms with Gasteiger partial charge in [0.05, 0.1) is 5.69 Å². The second-order valence-corrected chi connectivity index (χ2v) is 5.84. The van der Waals surface area contributed by atoms with Crippen molar-refractivity contribution >= 4 is 11.9 Å². The first-order chi connectivity index (χ1) is 11.0. The van der Waals surface area contributed by atoms with Crippen molar-refractivity contribution in [1.82, 2.24) is 24.6 Å². The van der Waals surface area contributed by atoms with Crippen molar-refractivity contribution in [3.8, 4) is 0 Å². The summed E-state index contributed by atoms with van der Waals surface area (Å²) in [6.45, 7) is 1.05. The number of anilines is 1. The first-order valence-corrected chi connectivity index (χ1v) is 7.54. The molecule has 0 radical (unpaired) electrons. The van der Waals surface area contributed by atoms with Gasteiger partial charge in [0.25, 0.3) is 11.5 Å². The third-order valence-electron chi connectivity index (χ3n) is 4.09. The topological polar surface area (TPSA) is 87.1 Å². The molecule has 3 heterocycles. The van der Waals surface area contributed by atoms with Gasteiger partial charge in [-0.1, -0.05) is 0 Å². The number of H-pyrrole nitrogens is 1. The van der Waals surface area contributed by atoms with E-state index >= 15 is 0 Å². The van der Waals surface area contributed by atoms with Crippen LogP contribution in [0.2, 0.25) is 0 Å². The highest BCUT2D eigenvalue weighted by atomic mass is 16.2. The first-order valence-electron chi connectivity index (χ1n) is 7.54. The molecule has 0 bridgehead atoms. The van der Waals surface area contributed by atoms with Gasteiger partial charge in [-0.25, -0.2) is 4.98 Å². The molecule has 0 atom stereocenters. The molecule has 3 rings (SSSR count). The van der Waals surface area contributed by atoms with E-state index in [9.17, 15) is 9.59 Å². The zero-order valence-electron chi connectivity index (χ0n) is 13.5. The minimum atomic E-state index is -0.117. The molecule has 1 aliphatic heterocycles. The highest BCUT2D eigenvalue weighted by Crippen LogP contribution is 2.14. The van der Waals surface area contributed by atoms with Crippen molar-refractivity contribution in [2.45, 2.75) is 12.8 Å². The predicted octanol–water partition coefficient (Wildman–Crippen LogP) is -0.190. The van der Waals surface area contributed by atoms with Crippen LogP contribution in [0.25, 0.3) is 0 Å². The molecule has 0 saturated carbocycles. The van der Waals surface area contributed by atoms with Gasteiger partial charge in [0.2, 0.25) is 5.95 Å². The zero-order valence-corrected chi connectivity index (χ0v) is 13.5. The minimum absolute atomic E-state index is 0.0675. The third kappa shape index (κ3) is 2.84. The third-order valence-corrected chi connectivity index (χ3v) is 4.09. The number of hydrogen-bond acceptors (Lipinski definition) is 5. The van der Waals surface area contributed by atoms with Gasteiger partial charge in [-0.15, -0.1) is 0 Å². The minimum Gasteiger partial charge on any atom is -0.348 e. The van der Waals surface area contributed by atoms with E-state index in [1.54, 1.807) is 33.8 Å². The summed E-state index contributed by atoms with van der Waals surface area (Å²) >= 11 is 0. The number of aromatic nitrogens is 4. The number of aryl methyl sites for hydroxylation is 1. The van der Waals surface area contributed by atoms with E-state index < -0.39 is 0 Å². The van der Waals surface area contributed by atoms with Crippen LogP contribution in [-0.2, 0) is 19.9 Å². The quantitative estimate of drug-likeness (QED) is 0.830. The van der Waals surface area contributed by atoms with Gasteiger partial charge in [0.1, 0.15) is 5.69 Å². The number of nitrogens with one attached hydrogen (secondary N) is 1. The Bertz CT molecular complexity index is 792. The van der Waals surface area contributed by atoms with E-state index in [1.165, 1.54) is 0 Å². The maximum Gasteiger partial charge on any atom is 0.272 e. The second kappa shape index (κ2) is 5.86. The van der Waals surface area contributed by atoms with Gasteiger partial charge >= 0.3 is 0 Å². The average molecular weight is 316 g/mol. The Morgan fingerprint density at radius 2 is 2.04 bits per heavy atom. The number of fused-ring (bicyclic) bond motifs is 1. The second-order valence-electron chi connectivity index (χ2n) is 5.84. The summed E-state index contributed by atoms with van der Waals surface area (Å²) in [5.74, 6) is 0.474. The molecule has 8 heteroatoms. The van der Waals surface area contributed by atoms with Gasteiger partial charge in [-0.05, 0) is 12.5 Å². The number of carbonyl (C=O) groups excluding carboxylic acids is 1. The lowest BCUT2D eigenvalue weighted by Gasteiger charge is -2.19. The molecule has 2 aromatic rings. The summed E-state index contributed by atoms with van der Waals surface area (Å²) in [4.78, 5) is 35.7. The molecule has 0 unspecified atom stereocenters. The van der Waals surface area contributed by atoms with E-state index in [0.717, 1.165) is 5.69 Å². The molecule has 0 aromatic carbocycles. The summed E-state index contributed by atoms with van der Waals surface area (Å²) < 4.78 is 1.57. The van der Waals surface area contributed by atoms with Crippen LogP contribution in [-0.4, -0.2) is 57.7 Å². The van der Waals surface area contributed by atoms with E-state index in [-0.39, 0.29) is 11.5 Å². The summed E-state index contributed by atoms with van der Waals surface area (Å²) in [7, 11) is 5.41. The molecule has 0 saturated heterocycles. The van der Waals surface area contributed by atoms with Crippen molar-refractivity contribution in [2.75, 3.05) is 32.1 Å². The Morgan fingerprint density at radius 1 is 1.30 bits per heavy atom. The summed E-state index contributed by atoms with van der Waals surface area (Å²) in [5, 5.41) is 4.04. The maximum atomic E-state index is 12.6. The number of hydrogen-bond donors (Lipinski definition) is 1. The fourth-order valence-electron chi connectivity index (χ4n) is 2.76. The molecule has 8 nitrogen and oxygen atoms in total. The molecular weight excluding hydrogens is 296 g/mol. The molecule has 23 heavy (non-hydrogen) atoms. The van der Waals surface area contributed by atoms with E-state index in [4.69, 9.17) is 0 Å². The largest absolute Gasteiger partial charge is 0.348 e. The van der Waals surface area contributed by atoms with E-state index in [1.807, 2.05) is 14.1 Å². The van der Waals surface area contributed by atoms with Crippen molar-refractivity contribution in [2.24, 2.45) is 7.05 Å². The molecule has 122 valence electrons. The van der Waals surface area contributed by atoms with Gasteiger partial charge in [-0.3, -0.25) is 19.3 Å². The fraction of sp³-hybridized carbons (Fsp3) is 0.467. The molecule has 1 amide bonds. The van der Waals surface area contributed by atoms with Crippen LogP contribution in [0.15, 0.2) is 17.1 Å². The van der Waals surface area contributed by atoms with Gasteiger partial charge < -0.3 is 9.80 Å². The molecule has 0 spiro atoms. The molecule has 0 aliphatic carbocycles. The zero-order chi connectivity index (χ0) is 16.6. The predicted molar refractivity (Wildman–Crippen MR) is 85.7 cm³/mol. The Hall–Kier alpha value is -2.64. The van der Waals surface area contributed by atoms with Gasteiger partial charge in [0, 0.05) is 52.4 Å². The van der Waals surface area contributed by atoms with Crippen LogP contribution >= 0.6 is 0 Å². The van der Waals surface area contributed by atoms with Crippen molar-refractivity contribution in [3.05, 3.63) is 39.6 Å². The van der Waals surface area contributed by atoms with Gasteiger partial charge in [-0.2, -0.15) is 5.10 Å². The van der Waals surface area contributed by atoms with Gasteiger partial charge in [0.15, 0.2) is 0 Å². The van der Waals surface area contributed by atoms with Crippen LogP contribution in [0.3, 0.4) is 0 Å². The number of nitrogens with zero attached hydrogens (tertiary/aromatic N) is 5. The highest BCUT2D eigenvalue weighted by molar-refractivity contribution is 5.92. The Morgan fingerprint density at radius 3 is 2.70 bits per heavy atom. The lowest BCUT2D eigenvalue weighted by atomic mass is 10.1. The van der Waals surface area contributed by atoms with Crippen molar-refractivity contribution in [3.63, 3.8) is 0 Å². The highest BCUT2D eigenvalue weighted by Gasteiger charge is 2.24. The summed E-state index contributed by atoms with van der Waals surface area (Å²) in [6.07, 6.45) is 2.69. The fourth-order valence-corrected chi connectivity index (χ4v) is 2.76. The average Bonchev–Trinajstić information content (AvgIpc) is 2.81. The molecule has 1 N–H and O–H groups in total. The molecule has 0 fully saturated rings. The Balaban J connectivity index is 1.85. The number of aromatic amines is 1. The standard InChI is InChI=1S/C15H20N6O2/c1-19(2)15-17-11-6-9-21(8-5-10(11)13(22)18-15)14(23)12-4-7-16-20(12)3/h4,7H,5-6,8-9H2,1-3H3,(H,17,18,22). The number of amides is 1. The maximum absolute atomic E-state index is 12.6. The molecular formula is C15H20N6O2. The summed E-state index contributed by atoms with van der Waals surface area (Å²) in [6, 6.07) is 1.70. The van der Waals surface area contributed by atoms with Crippen LogP contribution in [0.4, 0.5) is 5.95 Å². The van der Waals surface area contributed by atoms with Crippen LogP contribution in [0, 0.1) is 0 Å². The van der Waals surface area contributed by atoms with Crippen LogP contribution in [0.5, 0.6) is 0 Å². The lowest BCUT2D eigenvalue weighted by Crippen LogP contribution is -2.34. The smallest absolute Gasteiger partial charge is 0.272 e. The molecule has 2 aromatic heterocycles. The summed E-state index contributed by atoms with van der Waals surface area (Å²) in [5.41, 5.74) is 1.88. The van der Waals surface area contributed by atoms with E-state index in [2.05, 4.69) is 15.1 Å². The Labute approximate surface area is 133 Å². The number of carbonyl (C=O) groups is 1. The Kier molecular flexibility index (Phi) is 3.89.